The largest absolute Gasteiger partial charge is 0.592 e. The van der Waals surface area contributed by atoms with Gasteiger partial charge in [0, 0.05) is 32.2 Å². The second kappa shape index (κ2) is 4.87. The minimum atomic E-state index is -1.05. The van der Waals surface area contributed by atoms with E-state index in [4.69, 9.17) is 9.62 Å². The fourth-order valence-corrected chi connectivity index (χ4v) is 4.93. The molecule has 7 nitrogen and oxygen atoms in total. The van der Waals surface area contributed by atoms with Crippen LogP contribution in [0.1, 0.15) is 38.6 Å². The first-order valence-corrected chi connectivity index (χ1v) is 8.31. The zero-order valence-corrected chi connectivity index (χ0v) is 13.5. The van der Waals surface area contributed by atoms with Crippen molar-refractivity contribution in [3.8, 4) is 0 Å². The van der Waals surface area contributed by atoms with Gasteiger partial charge in [-0.15, -0.1) is 0 Å². The van der Waals surface area contributed by atoms with Crippen LogP contribution >= 0.6 is 0 Å². The Labute approximate surface area is 135 Å². The lowest BCUT2D eigenvalue weighted by molar-refractivity contribution is -0.997. The van der Waals surface area contributed by atoms with Crippen molar-refractivity contribution in [1.29, 1.82) is 0 Å². The van der Waals surface area contributed by atoms with Crippen LogP contribution in [0.4, 0.5) is 5.88 Å². The van der Waals surface area contributed by atoms with Gasteiger partial charge in [0.25, 0.3) is 0 Å². The van der Waals surface area contributed by atoms with E-state index >= 15 is 0 Å². The Morgan fingerprint density at radius 1 is 1.22 bits per heavy atom. The van der Waals surface area contributed by atoms with Gasteiger partial charge in [0.15, 0.2) is 0 Å². The van der Waals surface area contributed by atoms with Crippen molar-refractivity contribution in [1.82, 2.24) is 9.80 Å². The molecule has 0 saturated carbocycles. The normalized spacial score (nSPS) is 43.1. The Bertz CT molecular complexity index is 599. The Balaban J connectivity index is 1.71. The Hall–Kier alpha value is -1.25. The van der Waals surface area contributed by atoms with Gasteiger partial charge in [0.1, 0.15) is 17.7 Å². The van der Waals surface area contributed by atoms with Crippen molar-refractivity contribution in [2.24, 2.45) is 10.8 Å². The third kappa shape index (κ3) is 1.91. The van der Waals surface area contributed by atoms with Gasteiger partial charge in [0.05, 0.1) is 10.8 Å². The number of nitrogens with one attached hydrogen (secondary N) is 1. The molecular weight excluding hydrogens is 298 g/mol. The van der Waals surface area contributed by atoms with Crippen LogP contribution in [0.25, 0.3) is 0 Å². The molecule has 1 aromatic rings. The predicted molar refractivity (Wildman–Crippen MR) is 80.8 cm³/mol. The molecule has 4 aliphatic rings. The van der Waals surface area contributed by atoms with Crippen molar-refractivity contribution >= 4 is 11.7 Å². The predicted octanol–water partition coefficient (Wildman–Crippen LogP) is 0.688. The molecule has 4 saturated heterocycles. The van der Waals surface area contributed by atoms with Crippen molar-refractivity contribution in [3.63, 3.8) is 0 Å². The SMILES string of the molecule is CCC12CN3CC(CC)(CN(C1)C3c1ccc([NH+]([O-])O)o1)C2=O. The topological polar surface area (TPSA) is 84.4 Å². The maximum atomic E-state index is 13.1. The number of hydrogen-bond donors (Lipinski definition) is 2. The molecule has 0 aliphatic carbocycles. The van der Waals surface area contributed by atoms with E-state index in [0.717, 1.165) is 39.0 Å². The molecule has 0 radical (unpaired) electrons. The van der Waals surface area contributed by atoms with E-state index < -0.39 is 5.23 Å². The minimum absolute atomic E-state index is 0.0253. The summed E-state index contributed by atoms with van der Waals surface area (Å²) in [5.41, 5.74) is -0.545. The molecule has 1 atom stereocenters. The van der Waals surface area contributed by atoms with Crippen LogP contribution in [-0.4, -0.2) is 47.0 Å². The van der Waals surface area contributed by atoms with Crippen LogP contribution in [0.5, 0.6) is 0 Å². The summed E-state index contributed by atoms with van der Waals surface area (Å²) in [4.78, 5) is 17.7. The Kier molecular flexibility index (Phi) is 3.24. The maximum absolute atomic E-state index is 13.1. The van der Waals surface area contributed by atoms with Gasteiger partial charge in [-0.3, -0.25) is 14.6 Å². The highest BCUT2D eigenvalue weighted by Crippen LogP contribution is 2.54. The van der Waals surface area contributed by atoms with E-state index in [1.165, 1.54) is 6.07 Å². The highest BCUT2D eigenvalue weighted by atomic mass is 16.8. The van der Waals surface area contributed by atoms with E-state index in [-0.39, 0.29) is 22.9 Å². The summed E-state index contributed by atoms with van der Waals surface area (Å²) in [5.74, 6) is 1.08. The molecule has 1 unspecified atom stereocenters. The van der Waals surface area contributed by atoms with Gasteiger partial charge in [-0.1, -0.05) is 13.8 Å². The molecule has 0 aromatic carbocycles. The van der Waals surface area contributed by atoms with E-state index in [9.17, 15) is 10.0 Å². The van der Waals surface area contributed by atoms with Crippen LogP contribution in [0.2, 0.25) is 0 Å². The van der Waals surface area contributed by atoms with Crippen molar-refractivity contribution in [3.05, 3.63) is 23.1 Å². The molecule has 5 heterocycles. The average molecular weight is 321 g/mol. The standard InChI is InChI=1S/C16H23N3O4/c1-3-15-7-17-9-16(4-2,14(15)20)10-18(8-15)13(17)11-5-6-12(23-11)19(21)22/h5-6,13,19,21H,3-4,7-10H2,1-2H3. The fraction of sp³-hybridized carbons (Fsp3) is 0.688. The molecule has 0 spiro atoms. The Morgan fingerprint density at radius 2 is 1.74 bits per heavy atom. The first kappa shape index (κ1) is 15.3. The van der Waals surface area contributed by atoms with Crippen LogP contribution in [0.3, 0.4) is 0 Å². The van der Waals surface area contributed by atoms with Gasteiger partial charge in [-0.2, -0.15) is 5.23 Å². The molecule has 4 aliphatic heterocycles. The minimum Gasteiger partial charge on any atom is -0.592 e. The first-order chi connectivity index (χ1) is 10.9. The summed E-state index contributed by atoms with van der Waals surface area (Å²) in [7, 11) is 0. The zero-order chi connectivity index (χ0) is 16.4. The number of piperidine rings is 2. The molecule has 7 heteroatoms. The highest BCUT2D eigenvalue weighted by Gasteiger charge is 2.64. The molecule has 2 N–H and O–H groups in total. The van der Waals surface area contributed by atoms with Crippen LogP contribution < -0.4 is 5.23 Å². The highest BCUT2D eigenvalue weighted by molar-refractivity contribution is 5.93. The summed E-state index contributed by atoms with van der Waals surface area (Å²) in [5, 5.41) is 19.1. The lowest BCUT2D eigenvalue weighted by Crippen LogP contribution is -2.99. The van der Waals surface area contributed by atoms with E-state index in [2.05, 4.69) is 23.6 Å². The third-order valence-corrected chi connectivity index (χ3v) is 6.12. The number of hydrogen-bond acceptors (Lipinski definition) is 6. The smallest absolute Gasteiger partial charge is 0.328 e. The molecule has 4 fully saturated rings. The quantitative estimate of drug-likeness (QED) is 0.794. The number of quaternary nitrogens is 1. The van der Waals surface area contributed by atoms with Crippen molar-refractivity contribution < 1.29 is 19.6 Å². The lowest BCUT2D eigenvalue weighted by atomic mass is 9.58. The summed E-state index contributed by atoms with van der Waals surface area (Å²) in [6, 6.07) is 3.27. The Morgan fingerprint density at radius 3 is 2.13 bits per heavy atom. The molecule has 0 amide bonds. The van der Waals surface area contributed by atoms with Crippen LogP contribution in [0.15, 0.2) is 16.5 Å². The summed E-state index contributed by atoms with van der Waals surface area (Å²) in [6.45, 7) is 7.17. The average Bonchev–Trinajstić information content (AvgIpc) is 3.01. The maximum Gasteiger partial charge on any atom is 0.328 e. The number of rotatable bonds is 4. The molecule has 126 valence electrons. The van der Waals surface area contributed by atoms with Gasteiger partial charge < -0.3 is 9.62 Å². The van der Waals surface area contributed by atoms with Gasteiger partial charge in [0.2, 0.25) is 0 Å². The summed E-state index contributed by atoms with van der Waals surface area (Å²) in [6.07, 6.45) is 1.66. The molecule has 4 bridgehead atoms. The third-order valence-electron chi connectivity index (χ3n) is 6.12. The van der Waals surface area contributed by atoms with Gasteiger partial charge in [-0.25, -0.2) is 5.21 Å². The molecule has 5 rings (SSSR count). The molecule has 1 aromatic heterocycles. The van der Waals surface area contributed by atoms with E-state index in [0.29, 0.717) is 11.5 Å². The lowest BCUT2D eigenvalue weighted by Gasteiger charge is -2.65. The van der Waals surface area contributed by atoms with Crippen LogP contribution in [0, 0.1) is 16.0 Å². The number of carbonyl (C=O) groups is 1. The second-order valence-corrected chi connectivity index (χ2v) is 7.29. The summed E-state index contributed by atoms with van der Waals surface area (Å²) >= 11 is 0. The monoisotopic (exact) mass is 321 g/mol. The van der Waals surface area contributed by atoms with Gasteiger partial charge in [-0.05, 0) is 18.9 Å². The fourth-order valence-electron chi connectivity index (χ4n) is 4.93. The number of furan rings is 1. The second-order valence-electron chi connectivity index (χ2n) is 7.29. The molecule has 23 heavy (non-hydrogen) atoms. The van der Waals surface area contributed by atoms with E-state index in [1.807, 2.05) is 0 Å². The summed E-state index contributed by atoms with van der Waals surface area (Å²) < 4.78 is 5.56. The number of nitrogens with zero attached hydrogens (tertiary/aromatic N) is 2. The number of ketones is 1. The van der Waals surface area contributed by atoms with Crippen molar-refractivity contribution in [2.45, 2.75) is 32.9 Å². The van der Waals surface area contributed by atoms with Gasteiger partial charge >= 0.3 is 5.88 Å². The zero-order valence-electron chi connectivity index (χ0n) is 13.5. The molecular formula is C16H23N3O4. The van der Waals surface area contributed by atoms with Crippen molar-refractivity contribution in [2.75, 3.05) is 26.2 Å². The van der Waals surface area contributed by atoms with E-state index in [1.54, 1.807) is 6.07 Å². The first-order valence-electron chi connectivity index (χ1n) is 8.31. The number of carbonyl (C=O) groups excluding carboxylic acids is 1. The number of Topliss-reactive ketones (excluding diaryl/α,β-unsaturated/α-hetero) is 1. The van der Waals surface area contributed by atoms with Crippen LogP contribution in [-0.2, 0) is 4.79 Å².